The second-order valence-corrected chi connectivity index (χ2v) is 7.65. The topological polar surface area (TPSA) is 141 Å². The van der Waals surface area contributed by atoms with Crippen LogP contribution in [-0.2, 0) is 24.3 Å². The van der Waals surface area contributed by atoms with Gasteiger partial charge in [0.05, 0.1) is 0 Å². The van der Waals surface area contributed by atoms with Crippen LogP contribution in [0, 0.1) is 13.8 Å². The zero-order chi connectivity index (χ0) is 23.1. The quantitative estimate of drug-likeness (QED) is 0.350. The van der Waals surface area contributed by atoms with E-state index in [1.807, 2.05) is 50.2 Å². The normalized spacial score (nSPS) is 11.8. The van der Waals surface area contributed by atoms with Crippen molar-refractivity contribution in [1.29, 1.82) is 0 Å². The molecular weight excluding hydrogens is 406 g/mol. The molecular formula is C23H29N7O2. The molecule has 1 amide bonds. The molecule has 32 heavy (non-hydrogen) atoms. The van der Waals surface area contributed by atoms with Crippen molar-refractivity contribution >= 4 is 17.5 Å². The highest BCUT2D eigenvalue weighted by atomic mass is 16.1. The summed E-state index contributed by atoms with van der Waals surface area (Å²) in [6.45, 7) is 5.36. The van der Waals surface area contributed by atoms with Crippen LogP contribution in [0.5, 0.6) is 0 Å². The van der Waals surface area contributed by atoms with Gasteiger partial charge in [0.2, 0.25) is 5.91 Å². The Balaban J connectivity index is 1.66. The summed E-state index contributed by atoms with van der Waals surface area (Å²) in [7, 11) is 0. The summed E-state index contributed by atoms with van der Waals surface area (Å²) < 4.78 is 1.62. The van der Waals surface area contributed by atoms with Gasteiger partial charge in [-0.25, -0.2) is 9.97 Å². The van der Waals surface area contributed by atoms with E-state index in [2.05, 4.69) is 20.6 Å². The Hall–Kier alpha value is -3.72. The van der Waals surface area contributed by atoms with Crippen molar-refractivity contribution in [2.45, 2.75) is 39.4 Å². The molecule has 9 nitrogen and oxygen atoms in total. The lowest BCUT2D eigenvalue weighted by molar-refractivity contribution is -0.118. The van der Waals surface area contributed by atoms with Crippen molar-refractivity contribution in [3.05, 3.63) is 81.5 Å². The number of rotatable bonds is 10. The molecule has 0 saturated carbocycles. The number of nitrogens with two attached hydrogens (primary N) is 2. The van der Waals surface area contributed by atoms with Crippen molar-refractivity contribution in [1.82, 2.24) is 19.9 Å². The molecule has 1 aromatic carbocycles. The molecule has 1 atom stereocenters. The van der Waals surface area contributed by atoms with E-state index in [9.17, 15) is 9.59 Å². The maximum atomic E-state index is 13.0. The Bertz CT molecular complexity index is 1130. The number of hydrogen-bond donors (Lipinski definition) is 4. The Kier molecular flexibility index (Phi) is 7.56. The number of aromatic nitrogens is 3. The fraction of sp³-hybridized carbons (Fsp3) is 0.304. The fourth-order valence-electron chi connectivity index (χ4n) is 3.40. The molecule has 0 spiro atoms. The maximum absolute atomic E-state index is 13.0. The molecule has 0 bridgehead atoms. The summed E-state index contributed by atoms with van der Waals surface area (Å²) in [5.74, 6) is 0.0528. The first-order chi connectivity index (χ1) is 15.3. The molecule has 2 aromatic heterocycles. The van der Waals surface area contributed by atoms with Crippen LogP contribution < -0.4 is 27.7 Å². The van der Waals surface area contributed by atoms with Crippen LogP contribution in [0.4, 0.5) is 11.6 Å². The van der Waals surface area contributed by atoms with Gasteiger partial charge in [0.1, 0.15) is 11.9 Å². The number of benzene rings is 1. The minimum atomic E-state index is -0.743. The third-order valence-electron chi connectivity index (χ3n) is 5.24. The van der Waals surface area contributed by atoms with E-state index in [1.165, 1.54) is 0 Å². The molecule has 0 saturated heterocycles. The van der Waals surface area contributed by atoms with Crippen LogP contribution in [0.2, 0.25) is 0 Å². The van der Waals surface area contributed by atoms with Gasteiger partial charge in [0.25, 0.3) is 5.56 Å². The number of aryl methyl sites for hydroxylation is 2. The van der Waals surface area contributed by atoms with Crippen molar-refractivity contribution < 1.29 is 4.79 Å². The Morgan fingerprint density at radius 1 is 1.16 bits per heavy atom. The summed E-state index contributed by atoms with van der Waals surface area (Å²) in [6.07, 6.45) is 1.97. The Labute approximate surface area is 186 Å². The highest BCUT2D eigenvalue weighted by Gasteiger charge is 2.19. The second-order valence-electron chi connectivity index (χ2n) is 7.65. The predicted molar refractivity (Wildman–Crippen MR) is 125 cm³/mol. The molecule has 0 aliphatic rings. The van der Waals surface area contributed by atoms with Gasteiger partial charge in [-0.3, -0.25) is 9.59 Å². The van der Waals surface area contributed by atoms with E-state index in [0.29, 0.717) is 31.9 Å². The highest BCUT2D eigenvalue weighted by molar-refractivity contribution is 5.83. The minimum absolute atomic E-state index is 0.105. The van der Waals surface area contributed by atoms with E-state index in [-0.39, 0.29) is 11.4 Å². The third kappa shape index (κ3) is 5.92. The number of amides is 1. The van der Waals surface area contributed by atoms with E-state index >= 15 is 0 Å². The van der Waals surface area contributed by atoms with Gasteiger partial charge in [0, 0.05) is 43.6 Å². The van der Waals surface area contributed by atoms with Crippen molar-refractivity contribution in [3.8, 4) is 0 Å². The van der Waals surface area contributed by atoms with Gasteiger partial charge in [-0.15, -0.1) is 0 Å². The summed E-state index contributed by atoms with van der Waals surface area (Å²) in [5, 5.41) is 6.25. The Morgan fingerprint density at radius 2 is 1.91 bits per heavy atom. The number of anilines is 2. The zero-order valence-electron chi connectivity index (χ0n) is 18.3. The van der Waals surface area contributed by atoms with Crippen molar-refractivity contribution in [2.75, 3.05) is 17.6 Å². The number of primary amides is 1. The average Bonchev–Trinajstić information content (AvgIpc) is 2.76. The fourth-order valence-corrected chi connectivity index (χ4v) is 3.40. The SMILES string of the molecule is Cc1nc(N)ccc1CNCCn1c(C)cnc(N[C@@H](Cc2ccccc2)C(N)=O)c1=O. The van der Waals surface area contributed by atoms with Gasteiger partial charge in [-0.2, -0.15) is 0 Å². The van der Waals surface area contributed by atoms with Crippen LogP contribution in [0.3, 0.4) is 0 Å². The average molecular weight is 436 g/mol. The summed E-state index contributed by atoms with van der Waals surface area (Å²) in [6, 6.07) is 12.4. The first-order valence-electron chi connectivity index (χ1n) is 10.4. The molecule has 3 aromatic rings. The first kappa shape index (κ1) is 23.0. The number of nitrogens with one attached hydrogen (secondary N) is 2. The third-order valence-corrected chi connectivity index (χ3v) is 5.24. The van der Waals surface area contributed by atoms with Gasteiger partial charge >= 0.3 is 0 Å². The van der Waals surface area contributed by atoms with E-state index in [1.54, 1.807) is 16.8 Å². The molecule has 0 unspecified atom stereocenters. The smallest absolute Gasteiger partial charge is 0.293 e. The van der Waals surface area contributed by atoms with Gasteiger partial charge in [0.15, 0.2) is 5.82 Å². The molecule has 9 heteroatoms. The molecule has 3 rings (SSSR count). The number of nitrogens with zero attached hydrogens (tertiary/aromatic N) is 3. The molecule has 0 aliphatic carbocycles. The van der Waals surface area contributed by atoms with Crippen LogP contribution >= 0.6 is 0 Å². The number of pyridine rings is 1. The monoisotopic (exact) mass is 435 g/mol. The second kappa shape index (κ2) is 10.5. The van der Waals surface area contributed by atoms with Crippen LogP contribution in [0.25, 0.3) is 0 Å². The van der Waals surface area contributed by atoms with Gasteiger partial charge in [-0.1, -0.05) is 36.4 Å². The van der Waals surface area contributed by atoms with Crippen LogP contribution in [-0.4, -0.2) is 33.0 Å². The number of carbonyl (C=O) groups excluding carboxylic acids is 1. The highest BCUT2D eigenvalue weighted by Crippen LogP contribution is 2.09. The lowest BCUT2D eigenvalue weighted by Crippen LogP contribution is -2.40. The van der Waals surface area contributed by atoms with E-state index < -0.39 is 11.9 Å². The number of carbonyl (C=O) groups is 1. The Morgan fingerprint density at radius 3 is 2.59 bits per heavy atom. The molecule has 0 fully saturated rings. The largest absolute Gasteiger partial charge is 0.384 e. The minimum Gasteiger partial charge on any atom is -0.384 e. The van der Waals surface area contributed by atoms with E-state index in [0.717, 1.165) is 22.5 Å². The van der Waals surface area contributed by atoms with Crippen LogP contribution in [0.15, 0.2) is 53.5 Å². The zero-order valence-corrected chi connectivity index (χ0v) is 18.3. The standard InChI is InChI=1S/C23H29N7O2/c1-15-13-27-22(29-19(21(25)31)12-17-6-4-3-5-7-17)23(32)30(15)11-10-26-14-18-8-9-20(24)28-16(18)2/h3-9,13,19,26H,10-12,14H2,1-2H3,(H2,24,28)(H2,25,31)(H,27,29)/t19-/m0/s1. The molecule has 0 radical (unpaired) electrons. The molecule has 2 heterocycles. The predicted octanol–water partition coefficient (Wildman–Crippen LogP) is 1.14. The van der Waals surface area contributed by atoms with E-state index in [4.69, 9.17) is 11.5 Å². The van der Waals surface area contributed by atoms with Crippen molar-refractivity contribution in [3.63, 3.8) is 0 Å². The summed E-state index contributed by atoms with van der Waals surface area (Å²) >= 11 is 0. The maximum Gasteiger partial charge on any atom is 0.293 e. The summed E-state index contributed by atoms with van der Waals surface area (Å²) in [4.78, 5) is 33.4. The number of nitrogen functional groups attached to an aromatic ring is 1. The molecule has 0 aliphatic heterocycles. The molecule has 168 valence electrons. The van der Waals surface area contributed by atoms with Crippen LogP contribution in [0.1, 0.15) is 22.5 Å². The number of hydrogen-bond acceptors (Lipinski definition) is 7. The first-order valence-corrected chi connectivity index (χ1v) is 10.4. The van der Waals surface area contributed by atoms with Gasteiger partial charge < -0.3 is 26.7 Å². The lowest BCUT2D eigenvalue weighted by Gasteiger charge is -2.18. The van der Waals surface area contributed by atoms with Crippen molar-refractivity contribution in [2.24, 2.45) is 5.73 Å². The lowest BCUT2D eigenvalue weighted by atomic mass is 10.1. The summed E-state index contributed by atoms with van der Waals surface area (Å²) in [5.41, 5.74) is 14.5. The van der Waals surface area contributed by atoms with Gasteiger partial charge in [-0.05, 0) is 31.0 Å². The molecule has 6 N–H and O–H groups in total.